The van der Waals surface area contributed by atoms with E-state index in [2.05, 4.69) is 9.84 Å². The molecule has 0 saturated carbocycles. The van der Waals surface area contributed by atoms with Gasteiger partial charge in [0.05, 0.1) is 30.7 Å². The number of sulfonamides is 1. The van der Waals surface area contributed by atoms with Crippen LogP contribution in [0.15, 0.2) is 64.6 Å². The van der Waals surface area contributed by atoms with E-state index in [1.165, 1.54) is 7.11 Å². The van der Waals surface area contributed by atoms with Crippen molar-refractivity contribution in [2.45, 2.75) is 31.6 Å². The largest absolute Gasteiger partial charge is 0.469 e. The Hall–Kier alpha value is -2.67. The normalized spacial score (nSPS) is 11.9. The summed E-state index contributed by atoms with van der Waals surface area (Å²) in [6.07, 6.45) is 0.457. The average Bonchev–Trinajstić information content (AvgIpc) is 2.68. The predicted molar refractivity (Wildman–Crippen MR) is 105 cm³/mol. The summed E-state index contributed by atoms with van der Waals surface area (Å²) in [5, 5.41) is 4.40. The van der Waals surface area contributed by atoms with Crippen LogP contribution in [0.1, 0.15) is 30.9 Å². The Morgan fingerprint density at radius 3 is 2.26 bits per heavy atom. The van der Waals surface area contributed by atoms with E-state index >= 15 is 0 Å². The molecule has 0 atom stereocenters. The van der Waals surface area contributed by atoms with Gasteiger partial charge in [-0.2, -0.15) is 17.9 Å². The molecule has 6 nitrogen and oxygen atoms in total. The van der Waals surface area contributed by atoms with Crippen LogP contribution in [0, 0.1) is 6.92 Å². The fourth-order valence-corrected chi connectivity index (χ4v) is 3.70. The third-order valence-electron chi connectivity index (χ3n) is 4.01. The van der Waals surface area contributed by atoms with Crippen LogP contribution in [0.25, 0.3) is 0 Å². The first kappa shape index (κ1) is 20.6. The number of methoxy groups -OCH3 is 1. The molecular weight excluding hydrogens is 364 g/mol. The van der Waals surface area contributed by atoms with Gasteiger partial charge in [0.2, 0.25) is 0 Å². The molecule has 0 spiro atoms. The number of carbonyl (C=O) groups is 1. The first-order chi connectivity index (χ1) is 12.9. The van der Waals surface area contributed by atoms with Crippen molar-refractivity contribution in [1.29, 1.82) is 0 Å². The van der Waals surface area contributed by atoms with Crippen molar-refractivity contribution in [3.05, 3.63) is 65.7 Å². The molecule has 2 rings (SSSR count). The quantitative estimate of drug-likeness (QED) is 0.395. The molecular formula is C20H24N2O4S. The number of hydrazone groups is 1. The number of ether oxygens (including phenoxy) is 1. The maximum Gasteiger partial charge on any atom is 0.307 e. The second kappa shape index (κ2) is 9.32. The second-order valence-electron chi connectivity index (χ2n) is 5.96. The topological polar surface area (TPSA) is 76.0 Å². The van der Waals surface area contributed by atoms with Crippen LogP contribution < -0.4 is 0 Å². The van der Waals surface area contributed by atoms with Gasteiger partial charge in [0.15, 0.2) is 0 Å². The van der Waals surface area contributed by atoms with Gasteiger partial charge in [-0.15, -0.1) is 0 Å². The molecule has 0 aromatic heterocycles. The van der Waals surface area contributed by atoms with Gasteiger partial charge in [0.1, 0.15) is 0 Å². The van der Waals surface area contributed by atoms with Gasteiger partial charge >= 0.3 is 5.97 Å². The van der Waals surface area contributed by atoms with Crippen LogP contribution in [-0.4, -0.2) is 38.2 Å². The van der Waals surface area contributed by atoms with Crippen molar-refractivity contribution in [2.75, 3.05) is 13.7 Å². The third-order valence-corrected chi connectivity index (χ3v) is 5.69. The van der Waals surface area contributed by atoms with Gasteiger partial charge in [0.25, 0.3) is 10.0 Å². The molecule has 0 radical (unpaired) electrons. The van der Waals surface area contributed by atoms with Gasteiger partial charge in [-0.3, -0.25) is 4.79 Å². The van der Waals surface area contributed by atoms with Crippen LogP contribution in [-0.2, 0) is 19.6 Å². The minimum Gasteiger partial charge on any atom is -0.469 e. The summed E-state index contributed by atoms with van der Waals surface area (Å²) in [4.78, 5) is 11.7. The highest BCUT2D eigenvalue weighted by molar-refractivity contribution is 7.89. The first-order valence-electron chi connectivity index (χ1n) is 8.67. The average molecular weight is 388 g/mol. The summed E-state index contributed by atoms with van der Waals surface area (Å²) >= 11 is 0. The molecule has 2 aromatic rings. The summed E-state index contributed by atoms with van der Waals surface area (Å²) in [7, 11) is -2.63. The van der Waals surface area contributed by atoms with E-state index in [4.69, 9.17) is 0 Å². The second-order valence-corrected chi connectivity index (χ2v) is 7.80. The van der Waals surface area contributed by atoms with Crippen LogP contribution >= 0.6 is 0 Å². The summed E-state index contributed by atoms with van der Waals surface area (Å²) < 4.78 is 31.8. The third kappa shape index (κ3) is 5.40. The Bertz CT molecular complexity index is 891. The standard InChI is InChI=1S/C20H24N2O4S/c1-4-19(17-8-6-5-7-9-17)21-22(15-14-20(23)26-3)27(24,25)18-12-10-16(2)11-13-18/h5-13H,4,14-15H2,1-3H3/b21-19+. The van der Waals surface area contributed by atoms with Crippen molar-refractivity contribution in [2.24, 2.45) is 5.10 Å². The molecule has 0 aliphatic heterocycles. The first-order valence-corrected chi connectivity index (χ1v) is 10.1. The summed E-state index contributed by atoms with van der Waals surface area (Å²) in [5.41, 5.74) is 2.41. The molecule has 0 heterocycles. The van der Waals surface area contributed by atoms with E-state index in [1.807, 2.05) is 44.2 Å². The summed E-state index contributed by atoms with van der Waals surface area (Å²) in [6, 6.07) is 15.9. The number of esters is 1. The lowest BCUT2D eigenvalue weighted by molar-refractivity contribution is -0.140. The molecule has 0 unspecified atom stereocenters. The number of hydrogen-bond donors (Lipinski definition) is 0. The monoisotopic (exact) mass is 388 g/mol. The van der Waals surface area contributed by atoms with E-state index in [9.17, 15) is 13.2 Å². The maximum atomic E-state index is 13.1. The molecule has 144 valence electrons. The lowest BCUT2D eigenvalue weighted by atomic mass is 10.1. The minimum absolute atomic E-state index is 0.0864. The molecule has 0 fully saturated rings. The van der Waals surface area contributed by atoms with Crippen molar-refractivity contribution in [1.82, 2.24) is 4.41 Å². The Labute approximate surface area is 160 Å². The number of rotatable bonds is 8. The van der Waals surface area contributed by atoms with E-state index in [-0.39, 0.29) is 17.9 Å². The molecule has 2 aromatic carbocycles. The Kier molecular flexibility index (Phi) is 7.12. The van der Waals surface area contributed by atoms with Gasteiger partial charge in [-0.05, 0) is 31.0 Å². The molecule has 0 saturated heterocycles. The number of nitrogens with zero attached hydrogens (tertiary/aromatic N) is 2. The van der Waals surface area contributed by atoms with Gasteiger partial charge in [0, 0.05) is 0 Å². The minimum atomic E-state index is -3.90. The fourth-order valence-electron chi connectivity index (χ4n) is 2.44. The summed E-state index contributed by atoms with van der Waals surface area (Å²) in [5.74, 6) is -0.493. The van der Waals surface area contributed by atoms with E-state index < -0.39 is 16.0 Å². The predicted octanol–water partition coefficient (Wildman–Crippen LogP) is 3.36. The van der Waals surface area contributed by atoms with Crippen LogP contribution in [0.4, 0.5) is 0 Å². The number of aryl methyl sites for hydroxylation is 1. The van der Waals surface area contributed by atoms with Crippen molar-refractivity contribution in [3.63, 3.8) is 0 Å². The lowest BCUT2D eigenvalue weighted by Crippen LogP contribution is -2.30. The van der Waals surface area contributed by atoms with Crippen LogP contribution in [0.3, 0.4) is 0 Å². The highest BCUT2D eigenvalue weighted by Gasteiger charge is 2.24. The van der Waals surface area contributed by atoms with Gasteiger partial charge < -0.3 is 4.74 Å². The Morgan fingerprint density at radius 2 is 1.70 bits per heavy atom. The molecule has 0 bridgehead atoms. The van der Waals surface area contributed by atoms with Gasteiger partial charge in [-0.1, -0.05) is 55.0 Å². The highest BCUT2D eigenvalue weighted by atomic mass is 32.2. The Morgan fingerprint density at radius 1 is 1.07 bits per heavy atom. The van der Waals surface area contributed by atoms with E-state index in [0.717, 1.165) is 15.5 Å². The molecule has 0 amide bonds. The van der Waals surface area contributed by atoms with E-state index in [0.29, 0.717) is 12.1 Å². The molecule has 0 N–H and O–H groups in total. The lowest BCUT2D eigenvalue weighted by Gasteiger charge is -2.20. The van der Waals surface area contributed by atoms with Crippen molar-refractivity contribution >= 4 is 21.7 Å². The van der Waals surface area contributed by atoms with Crippen LogP contribution in [0.2, 0.25) is 0 Å². The zero-order valence-electron chi connectivity index (χ0n) is 15.8. The van der Waals surface area contributed by atoms with Crippen LogP contribution in [0.5, 0.6) is 0 Å². The zero-order chi connectivity index (χ0) is 19.9. The van der Waals surface area contributed by atoms with Gasteiger partial charge in [-0.25, -0.2) is 0 Å². The SMILES string of the molecule is CC/C(=N\N(CCC(=O)OC)S(=O)(=O)c1ccc(C)cc1)c1ccccc1. The van der Waals surface area contributed by atoms with Crippen molar-refractivity contribution < 1.29 is 17.9 Å². The number of carbonyl (C=O) groups excluding carboxylic acids is 1. The highest BCUT2D eigenvalue weighted by Crippen LogP contribution is 2.19. The maximum absolute atomic E-state index is 13.1. The van der Waals surface area contributed by atoms with E-state index in [1.54, 1.807) is 24.3 Å². The van der Waals surface area contributed by atoms with Crippen molar-refractivity contribution in [3.8, 4) is 0 Å². The number of hydrogen-bond acceptors (Lipinski definition) is 5. The zero-order valence-corrected chi connectivity index (χ0v) is 16.6. The summed E-state index contributed by atoms with van der Waals surface area (Å²) in [6.45, 7) is 3.69. The molecule has 27 heavy (non-hydrogen) atoms. The fraction of sp³-hybridized carbons (Fsp3) is 0.300. The smallest absolute Gasteiger partial charge is 0.307 e. The molecule has 7 heteroatoms. The molecule has 0 aliphatic carbocycles. The molecule has 0 aliphatic rings. The Balaban J connectivity index is 2.45. The number of benzene rings is 2.